The van der Waals surface area contributed by atoms with Gasteiger partial charge >= 0.3 is 5.97 Å². The summed E-state index contributed by atoms with van der Waals surface area (Å²) in [7, 11) is 0. The van der Waals surface area contributed by atoms with Gasteiger partial charge in [-0.25, -0.2) is 8.72 Å². The normalized spacial score (nSPS) is 9.80. The lowest BCUT2D eigenvalue weighted by Crippen LogP contribution is -2.18. The molecule has 0 radical (unpaired) electrons. The summed E-state index contributed by atoms with van der Waals surface area (Å²) in [6.45, 7) is 1.31. The van der Waals surface area contributed by atoms with Gasteiger partial charge in [-0.1, -0.05) is 11.6 Å². The lowest BCUT2D eigenvalue weighted by atomic mass is 10.2. The summed E-state index contributed by atoms with van der Waals surface area (Å²) in [4.78, 5) is 21.9. The van der Waals surface area contributed by atoms with Crippen LogP contribution in [0.5, 0.6) is 0 Å². The first-order valence-corrected chi connectivity index (χ1v) is 5.01. The van der Waals surface area contributed by atoms with E-state index in [4.69, 9.17) is 16.7 Å². The van der Waals surface area contributed by atoms with Crippen LogP contribution in [0.4, 0.5) is 5.69 Å². The molecule has 0 aromatic heterocycles. The number of carboxylic acids is 1. The molecular weight excluding hydrogens is 285 g/mol. The van der Waals surface area contributed by atoms with Crippen LogP contribution in [0, 0.1) is 0 Å². The first kappa shape index (κ1) is 12.0. The minimum Gasteiger partial charge on any atom is -0.478 e. The summed E-state index contributed by atoms with van der Waals surface area (Å²) >= 11 is 8.63. The second-order valence-corrected chi connectivity index (χ2v) is 3.91. The Morgan fingerprint density at radius 2 is 2.07 bits per heavy atom. The number of halogens is 2. The molecule has 6 heteroatoms. The van der Waals surface area contributed by atoms with Crippen LogP contribution in [0.15, 0.2) is 18.2 Å². The maximum atomic E-state index is 11.1. The fraction of sp³-hybridized carbons (Fsp3) is 0.111. The van der Waals surface area contributed by atoms with Gasteiger partial charge in [0.05, 0.1) is 27.4 Å². The van der Waals surface area contributed by atoms with Crippen LogP contribution in [0.25, 0.3) is 0 Å². The molecule has 1 N–H and O–H groups in total. The molecule has 0 unspecified atom stereocenters. The van der Waals surface area contributed by atoms with Gasteiger partial charge in [0.1, 0.15) is 0 Å². The van der Waals surface area contributed by atoms with Crippen molar-refractivity contribution in [2.45, 2.75) is 6.92 Å². The Morgan fingerprint density at radius 1 is 1.47 bits per heavy atom. The fourth-order valence-corrected chi connectivity index (χ4v) is 1.50. The molecule has 0 aliphatic carbocycles. The molecule has 0 saturated heterocycles. The molecule has 1 aromatic rings. The van der Waals surface area contributed by atoms with E-state index >= 15 is 0 Å². The van der Waals surface area contributed by atoms with Gasteiger partial charge < -0.3 is 5.11 Å². The molecule has 15 heavy (non-hydrogen) atoms. The van der Waals surface area contributed by atoms with Crippen molar-refractivity contribution in [2.75, 3.05) is 3.93 Å². The SMILES string of the molecule is CC(=O)N(Br)c1ccc(Cl)cc1C(=O)O. The van der Waals surface area contributed by atoms with E-state index < -0.39 is 5.97 Å². The van der Waals surface area contributed by atoms with E-state index in [1.165, 1.54) is 25.1 Å². The molecule has 0 atom stereocenters. The van der Waals surface area contributed by atoms with E-state index in [9.17, 15) is 9.59 Å². The molecular formula is C9H7BrClNO3. The predicted molar refractivity (Wildman–Crippen MR) is 60.5 cm³/mol. The number of nitrogens with zero attached hydrogens (tertiary/aromatic N) is 1. The summed E-state index contributed by atoms with van der Waals surface area (Å²) in [5.41, 5.74) is 0.217. The third-order valence-corrected chi connectivity index (χ3v) is 2.79. The molecule has 80 valence electrons. The molecule has 1 amide bonds. The van der Waals surface area contributed by atoms with Gasteiger partial charge in [-0.2, -0.15) is 0 Å². The Balaban J connectivity index is 3.28. The van der Waals surface area contributed by atoms with Crippen molar-refractivity contribution in [1.29, 1.82) is 0 Å². The van der Waals surface area contributed by atoms with E-state index in [-0.39, 0.29) is 17.2 Å². The first-order chi connectivity index (χ1) is 6.93. The van der Waals surface area contributed by atoms with E-state index in [0.717, 1.165) is 3.93 Å². The Labute approximate surface area is 99.8 Å². The number of carbonyl (C=O) groups is 2. The lowest BCUT2D eigenvalue weighted by molar-refractivity contribution is -0.115. The van der Waals surface area contributed by atoms with Crippen LogP contribution in [-0.4, -0.2) is 17.0 Å². The van der Waals surface area contributed by atoms with Crippen molar-refractivity contribution >= 4 is 45.3 Å². The second-order valence-electron chi connectivity index (χ2n) is 2.77. The summed E-state index contributed by atoms with van der Waals surface area (Å²) in [6.07, 6.45) is 0. The minimum absolute atomic E-state index is 0.0328. The highest BCUT2D eigenvalue weighted by Gasteiger charge is 2.17. The Kier molecular flexibility index (Phi) is 3.71. The number of hydrogen-bond donors (Lipinski definition) is 1. The van der Waals surface area contributed by atoms with Gasteiger partial charge in [0, 0.05) is 11.9 Å². The molecule has 0 heterocycles. The molecule has 4 nitrogen and oxygen atoms in total. The van der Waals surface area contributed by atoms with Crippen LogP contribution < -0.4 is 3.93 Å². The molecule has 0 aliphatic heterocycles. The van der Waals surface area contributed by atoms with Crippen LogP contribution in [0.1, 0.15) is 17.3 Å². The van der Waals surface area contributed by atoms with Crippen molar-refractivity contribution in [2.24, 2.45) is 0 Å². The topological polar surface area (TPSA) is 57.6 Å². The Morgan fingerprint density at radius 3 is 2.53 bits per heavy atom. The van der Waals surface area contributed by atoms with Gasteiger partial charge in [0.25, 0.3) is 0 Å². The lowest BCUT2D eigenvalue weighted by Gasteiger charge is -2.14. The molecule has 1 rings (SSSR count). The number of rotatable bonds is 2. The number of benzene rings is 1. The number of carboxylic acid groups (broad SMARTS) is 1. The van der Waals surface area contributed by atoms with E-state index in [1.54, 1.807) is 0 Å². The Bertz CT molecular complexity index is 422. The standard InChI is InChI=1S/C9H7BrClNO3/c1-5(13)12(10)8-3-2-6(11)4-7(8)9(14)15/h2-4H,1H3,(H,14,15). The highest BCUT2D eigenvalue weighted by Crippen LogP contribution is 2.26. The van der Waals surface area contributed by atoms with Crippen LogP contribution >= 0.6 is 27.7 Å². The van der Waals surface area contributed by atoms with Crippen LogP contribution in [-0.2, 0) is 4.79 Å². The smallest absolute Gasteiger partial charge is 0.337 e. The number of aromatic carboxylic acids is 1. The Hall–Kier alpha value is -1.07. The number of anilines is 1. The van der Waals surface area contributed by atoms with Crippen molar-refractivity contribution in [1.82, 2.24) is 0 Å². The summed E-state index contributed by atoms with van der Waals surface area (Å²) in [5, 5.41) is 9.21. The number of hydrogen-bond acceptors (Lipinski definition) is 2. The maximum Gasteiger partial charge on any atom is 0.337 e. The second kappa shape index (κ2) is 4.63. The fourth-order valence-electron chi connectivity index (χ4n) is 1.02. The molecule has 0 fully saturated rings. The summed E-state index contributed by atoms with van der Waals surface area (Å²) < 4.78 is 1.08. The zero-order valence-electron chi connectivity index (χ0n) is 7.70. The highest BCUT2D eigenvalue weighted by molar-refractivity contribution is 9.10. The van der Waals surface area contributed by atoms with Gasteiger partial charge in [-0.3, -0.25) is 4.79 Å². The van der Waals surface area contributed by atoms with Crippen molar-refractivity contribution in [3.05, 3.63) is 28.8 Å². The monoisotopic (exact) mass is 291 g/mol. The largest absolute Gasteiger partial charge is 0.478 e. The average Bonchev–Trinajstić information content (AvgIpc) is 2.16. The van der Waals surface area contributed by atoms with E-state index in [0.29, 0.717) is 5.02 Å². The zero-order valence-corrected chi connectivity index (χ0v) is 10.0. The third-order valence-electron chi connectivity index (χ3n) is 1.68. The third kappa shape index (κ3) is 2.70. The number of carbonyl (C=O) groups excluding carboxylic acids is 1. The molecule has 0 bridgehead atoms. The highest BCUT2D eigenvalue weighted by atomic mass is 79.9. The van der Waals surface area contributed by atoms with Crippen LogP contribution in [0.2, 0.25) is 5.02 Å². The van der Waals surface area contributed by atoms with Crippen LogP contribution in [0.3, 0.4) is 0 Å². The first-order valence-electron chi connectivity index (χ1n) is 3.93. The molecule has 0 spiro atoms. The van der Waals surface area contributed by atoms with E-state index in [1.807, 2.05) is 0 Å². The number of amides is 1. The maximum absolute atomic E-state index is 11.1. The van der Waals surface area contributed by atoms with Crippen molar-refractivity contribution < 1.29 is 14.7 Å². The average molecular weight is 293 g/mol. The summed E-state index contributed by atoms with van der Waals surface area (Å²) in [5.74, 6) is -1.46. The van der Waals surface area contributed by atoms with E-state index in [2.05, 4.69) is 16.1 Å². The predicted octanol–water partition coefficient (Wildman–Crippen LogP) is 2.70. The van der Waals surface area contributed by atoms with Gasteiger partial charge in [0.15, 0.2) is 0 Å². The van der Waals surface area contributed by atoms with Crippen molar-refractivity contribution in [3.8, 4) is 0 Å². The van der Waals surface area contributed by atoms with Gasteiger partial charge in [-0.15, -0.1) is 0 Å². The molecule has 0 saturated carbocycles. The quantitative estimate of drug-likeness (QED) is 0.853. The minimum atomic E-state index is -1.14. The zero-order chi connectivity index (χ0) is 11.6. The van der Waals surface area contributed by atoms with Crippen molar-refractivity contribution in [3.63, 3.8) is 0 Å². The summed E-state index contributed by atoms with van der Waals surface area (Å²) in [6, 6.07) is 4.26. The van der Waals surface area contributed by atoms with Gasteiger partial charge in [-0.05, 0) is 18.2 Å². The molecule has 1 aromatic carbocycles. The van der Waals surface area contributed by atoms with Gasteiger partial charge in [0.2, 0.25) is 5.91 Å². The molecule has 0 aliphatic rings.